The van der Waals surface area contributed by atoms with Crippen LogP contribution in [-0.2, 0) is 22.4 Å². The number of carbonyl (C=O) groups is 2. The molecule has 10 heteroatoms. The highest BCUT2D eigenvalue weighted by molar-refractivity contribution is 9.10. The van der Waals surface area contributed by atoms with E-state index in [1.807, 2.05) is 24.3 Å². The molecule has 0 unspecified atom stereocenters. The molecule has 3 aromatic rings. The summed E-state index contributed by atoms with van der Waals surface area (Å²) >= 11 is 3.41. The second-order valence-corrected chi connectivity index (χ2v) is 8.77. The third-order valence-corrected chi connectivity index (χ3v) is 6.46. The topological polar surface area (TPSA) is 99.5 Å². The van der Waals surface area contributed by atoms with Crippen LogP contribution in [-0.4, -0.2) is 57.7 Å². The Bertz CT molecular complexity index is 1240. The minimum Gasteiger partial charge on any atom is -0.361 e. The third-order valence-electron chi connectivity index (χ3n) is 5.97. The van der Waals surface area contributed by atoms with Gasteiger partial charge in [-0.05, 0) is 35.4 Å². The first-order valence-corrected chi connectivity index (χ1v) is 10.7. The molecule has 0 bridgehead atoms. The first-order chi connectivity index (χ1) is 15.2. The van der Waals surface area contributed by atoms with E-state index in [0.29, 0.717) is 17.5 Å². The summed E-state index contributed by atoms with van der Waals surface area (Å²) in [6, 6.07) is 8.47. The van der Waals surface area contributed by atoms with E-state index >= 15 is 0 Å². The van der Waals surface area contributed by atoms with Crippen LogP contribution in [0.25, 0.3) is 10.9 Å². The fourth-order valence-electron chi connectivity index (χ4n) is 4.24. The molecule has 8 nitrogen and oxygen atoms in total. The van der Waals surface area contributed by atoms with E-state index in [-0.39, 0.29) is 23.6 Å². The van der Waals surface area contributed by atoms with Crippen molar-refractivity contribution in [3.63, 3.8) is 0 Å². The van der Waals surface area contributed by atoms with Crippen molar-refractivity contribution in [3.05, 3.63) is 74.1 Å². The molecule has 0 spiro atoms. The number of hydrogen-bond acceptors (Lipinski definition) is 4. The minimum atomic E-state index is -0.950. The van der Waals surface area contributed by atoms with Crippen LogP contribution in [0.1, 0.15) is 11.1 Å². The molecule has 0 radical (unpaired) electrons. The lowest BCUT2D eigenvalue weighted by atomic mass is 9.95. The number of aromatic nitrogens is 1. The van der Waals surface area contributed by atoms with Crippen LogP contribution < -0.4 is 0 Å². The van der Waals surface area contributed by atoms with Crippen molar-refractivity contribution < 1.29 is 18.9 Å². The number of piperazine rings is 1. The van der Waals surface area contributed by atoms with E-state index in [1.54, 1.807) is 14.1 Å². The molecule has 1 saturated heterocycles. The largest absolute Gasteiger partial charge is 0.361 e. The van der Waals surface area contributed by atoms with Gasteiger partial charge in [0.05, 0.1) is 15.8 Å². The molecule has 1 fully saturated rings. The lowest BCUT2D eigenvalue weighted by molar-refractivity contribution is -0.385. The van der Waals surface area contributed by atoms with Gasteiger partial charge >= 0.3 is 5.69 Å². The van der Waals surface area contributed by atoms with Gasteiger partial charge < -0.3 is 14.8 Å². The molecule has 32 heavy (non-hydrogen) atoms. The zero-order chi connectivity index (χ0) is 23.2. The van der Waals surface area contributed by atoms with Crippen molar-refractivity contribution in [1.29, 1.82) is 0 Å². The average Bonchev–Trinajstić information content (AvgIpc) is 3.15. The molecule has 1 aliphatic heterocycles. The van der Waals surface area contributed by atoms with Crippen molar-refractivity contribution in [3.8, 4) is 0 Å². The number of rotatable bonds is 5. The average molecular weight is 503 g/mol. The predicted octanol–water partition coefficient (Wildman–Crippen LogP) is 3.43. The van der Waals surface area contributed by atoms with Gasteiger partial charge in [0, 0.05) is 37.6 Å². The first kappa shape index (κ1) is 21.9. The summed E-state index contributed by atoms with van der Waals surface area (Å²) in [6.45, 7) is 0. The SMILES string of the molecule is CN1C(=O)[C@H](Cc2c[nH]c3ccc(F)c([N+](=O)[O-])c23)N(C)C(=O)[C@@H]1Cc1cccc(Br)c1. The maximum atomic E-state index is 14.2. The van der Waals surface area contributed by atoms with E-state index in [0.717, 1.165) is 16.1 Å². The number of aromatic amines is 1. The monoisotopic (exact) mass is 502 g/mol. The van der Waals surface area contributed by atoms with Crippen LogP contribution in [0.15, 0.2) is 47.1 Å². The summed E-state index contributed by atoms with van der Waals surface area (Å²) in [6.07, 6.45) is 1.91. The van der Waals surface area contributed by atoms with E-state index in [2.05, 4.69) is 20.9 Å². The minimum absolute atomic E-state index is 0.0271. The maximum Gasteiger partial charge on any atom is 0.314 e. The molecule has 2 atom stereocenters. The quantitative estimate of drug-likeness (QED) is 0.426. The van der Waals surface area contributed by atoms with Crippen molar-refractivity contribution in [1.82, 2.24) is 14.8 Å². The van der Waals surface area contributed by atoms with E-state index in [9.17, 15) is 24.1 Å². The highest BCUT2D eigenvalue weighted by Crippen LogP contribution is 2.33. The van der Waals surface area contributed by atoms with Crippen LogP contribution in [0.5, 0.6) is 0 Å². The van der Waals surface area contributed by atoms with Gasteiger partial charge in [0.15, 0.2) is 0 Å². The van der Waals surface area contributed by atoms with E-state index in [1.165, 1.54) is 22.1 Å². The highest BCUT2D eigenvalue weighted by Gasteiger charge is 2.43. The number of carbonyl (C=O) groups excluding carboxylic acids is 2. The Morgan fingerprint density at radius 2 is 1.75 bits per heavy atom. The number of hydrogen-bond donors (Lipinski definition) is 1. The van der Waals surface area contributed by atoms with E-state index in [4.69, 9.17) is 0 Å². The molecule has 166 valence electrons. The summed E-state index contributed by atoms with van der Waals surface area (Å²) in [4.78, 5) is 42.7. The number of nitrogens with zero attached hydrogens (tertiary/aromatic N) is 3. The molecule has 4 rings (SSSR count). The second kappa shape index (κ2) is 8.34. The number of nitrogens with one attached hydrogen (secondary N) is 1. The Morgan fingerprint density at radius 1 is 1.09 bits per heavy atom. The van der Waals surface area contributed by atoms with Gasteiger partial charge in [-0.25, -0.2) is 0 Å². The van der Waals surface area contributed by atoms with Gasteiger partial charge in [0.25, 0.3) is 0 Å². The van der Waals surface area contributed by atoms with Crippen molar-refractivity contribution in [2.75, 3.05) is 14.1 Å². The van der Waals surface area contributed by atoms with Crippen LogP contribution in [0.4, 0.5) is 10.1 Å². The molecule has 0 aliphatic carbocycles. The Labute approximate surface area is 191 Å². The van der Waals surface area contributed by atoms with Crippen molar-refractivity contribution in [2.24, 2.45) is 0 Å². The summed E-state index contributed by atoms with van der Waals surface area (Å²) in [7, 11) is 3.13. The van der Waals surface area contributed by atoms with Gasteiger partial charge in [0.1, 0.15) is 12.1 Å². The summed E-state index contributed by atoms with van der Waals surface area (Å²) < 4.78 is 15.1. The van der Waals surface area contributed by atoms with Gasteiger partial charge in [-0.3, -0.25) is 19.7 Å². The molecule has 2 aromatic carbocycles. The van der Waals surface area contributed by atoms with Crippen LogP contribution in [0.2, 0.25) is 0 Å². The molecule has 1 aliphatic rings. The Balaban J connectivity index is 1.64. The van der Waals surface area contributed by atoms with Gasteiger partial charge in [-0.1, -0.05) is 28.1 Å². The molecule has 0 saturated carbocycles. The number of H-pyrrole nitrogens is 1. The smallest absolute Gasteiger partial charge is 0.314 e. The normalized spacial score (nSPS) is 19.1. The molecule has 1 aromatic heterocycles. The predicted molar refractivity (Wildman–Crippen MR) is 120 cm³/mol. The molecular weight excluding hydrogens is 483 g/mol. The zero-order valence-corrected chi connectivity index (χ0v) is 18.9. The number of benzene rings is 2. The fraction of sp³-hybridized carbons (Fsp3) is 0.273. The lowest BCUT2D eigenvalue weighted by Gasteiger charge is -2.42. The highest BCUT2D eigenvalue weighted by atomic mass is 79.9. The molecule has 1 N–H and O–H groups in total. The number of likely N-dealkylation sites (N-methyl/N-ethyl adjacent to an activating group) is 2. The van der Waals surface area contributed by atoms with Crippen molar-refractivity contribution >= 4 is 44.3 Å². The Kier molecular flexibility index (Phi) is 5.72. The number of fused-ring (bicyclic) bond motifs is 1. The number of nitro groups is 1. The molecule has 2 heterocycles. The number of halogens is 2. The fourth-order valence-corrected chi connectivity index (χ4v) is 4.69. The zero-order valence-electron chi connectivity index (χ0n) is 17.3. The number of amides is 2. The van der Waals surface area contributed by atoms with Gasteiger partial charge in [-0.2, -0.15) is 4.39 Å². The molecule has 2 amide bonds. The van der Waals surface area contributed by atoms with Gasteiger partial charge in [-0.15, -0.1) is 0 Å². The lowest BCUT2D eigenvalue weighted by Crippen LogP contribution is -2.63. The summed E-state index contributed by atoms with van der Waals surface area (Å²) in [5, 5.41) is 11.6. The third kappa shape index (κ3) is 3.75. The van der Waals surface area contributed by atoms with Crippen LogP contribution >= 0.6 is 15.9 Å². The Hall–Kier alpha value is -3.27. The summed E-state index contributed by atoms with van der Waals surface area (Å²) in [5.41, 5.74) is 1.07. The molecular formula is C22H20BrFN4O4. The van der Waals surface area contributed by atoms with Crippen LogP contribution in [0.3, 0.4) is 0 Å². The summed E-state index contributed by atoms with van der Waals surface area (Å²) in [5.74, 6) is -1.45. The van der Waals surface area contributed by atoms with Gasteiger partial charge in [0.2, 0.25) is 17.6 Å². The van der Waals surface area contributed by atoms with E-state index < -0.39 is 28.5 Å². The first-order valence-electron chi connectivity index (χ1n) is 9.89. The maximum absolute atomic E-state index is 14.2. The van der Waals surface area contributed by atoms with Crippen molar-refractivity contribution in [2.45, 2.75) is 24.9 Å². The number of nitro benzene ring substituents is 1. The Morgan fingerprint density at radius 3 is 2.38 bits per heavy atom. The second-order valence-electron chi connectivity index (χ2n) is 7.86. The standard InChI is InChI=1S/C22H20BrFN4O4/c1-26-17(9-12-4-3-5-14(23)8-12)21(29)27(2)18(22(26)30)10-13-11-25-16-7-6-15(24)20(19(13)16)28(31)32/h3-8,11,17-18,25H,9-10H2,1-2H3/t17-,18-/m0/s1. The van der Waals surface area contributed by atoms with Crippen LogP contribution in [0, 0.1) is 15.9 Å².